The van der Waals surface area contributed by atoms with Crippen molar-refractivity contribution in [2.75, 3.05) is 45.8 Å². The second kappa shape index (κ2) is 15.1. The average molecular weight is 594 g/mol. The van der Waals surface area contributed by atoms with Crippen LogP contribution in [0.25, 0.3) is 0 Å². The summed E-state index contributed by atoms with van der Waals surface area (Å²) in [5, 5.41) is 3.00. The molecule has 0 spiro atoms. The van der Waals surface area contributed by atoms with Crippen molar-refractivity contribution in [3.05, 3.63) is 75.5 Å². The molecule has 3 aromatic rings. The van der Waals surface area contributed by atoms with Crippen LogP contribution in [0.2, 0.25) is 0 Å². The number of thiophene rings is 1. The molecule has 1 atom stereocenters. The Labute approximate surface area is 253 Å². The van der Waals surface area contributed by atoms with E-state index in [4.69, 9.17) is 14.2 Å². The molecule has 0 saturated carbocycles. The second-order valence-corrected chi connectivity index (χ2v) is 12.4. The minimum Gasteiger partial charge on any atom is -0.493 e. The number of carbonyl (C=O) groups is 2. The highest BCUT2D eigenvalue weighted by Crippen LogP contribution is 2.28. The van der Waals surface area contributed by atoms with Crippen molar-refractivity contribution in [3.8, 4) is 11.5 Å². The molecule has 1 aliphatic rings. The predicted octanol–water partition coefficient (Wildman–Crippen LogP) is 6.48. The number of nitrogens with zero attached hydrogens (tertiary/aromatic N) is 2. The molecule has 4 rings (SSSR count). The van der Waals surface area contributed by atoms with E-state index in [0.717, 1.165) is 23.3 Å². The van der Waals surface area contributed by atoms with Gasteiger partial charge < -0.3 is 29.3 Å². The first-order valence-corrected chi connectivity index (χ1v) is 15.4. The Morgan fingerprint density at radius 2 is 1.79 bits per heavy atom. The molecule has 2 aromatic carbocycles. The molecule has 42 heavy (non-hydrogen) atoms. The van der Waals surface area contributed by atoms with Crippen LogP contribution < -0.4 is 14.8 Å². The number of amides is 3. The number of hydrogen-bond donors (Lipinski definition) is 1. The van der Waals surface area contributed by atoms with E-state index in [1.54, 1.807) is 30.5 Å². The van der Waals surface area contributed by atoms with Crippen LogP contribution in [0.4, 0.5) is 10.5 Å². The number of aryl methyl sites for hydroxylation is 1. The average Bonchev–Trinajstić information content (AvgIpc) is 3.66. The van der Waals surface area contributed by atoms with Crippen molar-refractivity contribution < 1.29 is 23.8 Å². The molecule has 1 fully saturated rings. The third-order valence-electron chi connectivity index (χ3n) is 7.50. The number of methoxy groups -OCH3 is 2. The van der Waals surface area contributed by atoms with Crippen LogP contribution in [-0.4, -0.2) is 68.3 Å². The molecule has 3 amide bonds. The Kier molecular flexibility index (Phi) is 11.3. The van der Waals surface area contributed by atoms with Gasteiger partial charge in [0.05, 0.1) is 26.9 Å². The fourth-order valence-corrected chi connectivity index (χ4v) is 5.93. The monoisotopic (exact) mass is 593 g/mol. The lowest BCUT2D eigenvalue weighted by Crippen LogP contribution is -2.47. The normalized spacial score (nSPS) is 14.6. The number of benzene rings is 2. The van der Waals surface area contributed by atoms with E-state index in [1.165, 1.54) is 10.4 Å². The Morgan fingerprint density at radius 3 is 2.40 bits per heavy atom. The van der Waals surface area contributed by atoms with Gasteiger partial charge in [-0.05, 0) is 79.6 Å². The fraction of sp³-hybridized carbons (Fsp3) is 0.455. The summed E-state index contributed by atoms with van der Waals surface area (Å²) in [7, 11) is 3.23. The molecule has 9 heteroatoms. The summed E-state index contributed by atoms with van der Waals surface area (Å²) < 4.78 is 16.7. The van der Waals surface area contributed by atoms with Crippen molar-refractivity contribution in [1.82, 2.24) is 9.80 Å². The molecule has 1 unspecified atom stereocenters. The standard InChI is InChI=1S/C33H43N3O5S/c1-23(2)26-10-12-27(13-11-26)34-33(38)36(20-28-7-6-18-41-28)22-32(37)35(21-29-14-8-24(3)42-29)17-16-25-9-15-30(39-4)31(19-25)40-5/h8-15,19,23,28H,6-7,16-18,20-22H2,1-5H3,(H,34,38). The zero-order valence-electron chi connectivity index (χ0n) is 25.4. The predicted molar refractivity (Wildman–Crippen MR) is 168 cm³/mol. The summed E-state index contributed by atoms with van der Waals surface area (Å²) >= 11 is 1.68. The highest BCUT2D eigenvalue weighted by molar-refractivity contribution is 7.11. The first kappa shape index (κ1) is 31.4. The van der Waals surface area contributed by atoms with Crippen LogP contribution in [0.1, 0.15) is 53.5 Å². The molecule has 226 valence electrons. The first-order chi connectivity index (χ1) is 20.2. The fourth-order valence-electron chi connectivity index (χ4n) is 5.02. The molecule has 8 nitrogen and oxygen atoms in total. The third-order valence-corrected chi connectivity index (χ3v) is 8.49. The van der Waals surface area contributed by atoms with Gasteiger partial charge in [0.25, 0.3) is 0 Å². The zero-order chi connectivity index (χ0) is 30.1. The van der Waals surface area contributed by atoms with E-state index in [-0.39, 0.29) is 24.6 Å². The SMILES string of the molecule is COc1ccc(CCN(Cc2ccc(C)s2)C(=O)CN(CC2CCCO2)C(=O)Nc2ccc(C(C)C)cc2)cc1OC. The van der Waals surface area contributed by atoms with Gasteiger partial charge in [0.2, 0.25) is 5.91 Å². The van der Waals surface area contributed by atoms with Crippen LogP contribution in [0.5, 0.6) is 11.5 Å². The van der Waals surface area contributed by atoms with E-state index >= 15 is 0 Å². The van der Waals surface area contributed by atoms with E-state index in [1.807, 2.05) is 47.4 Å². The summed E-state index contributed by atoms with van der Waals surface area (Å²) in [5.41, 5.74) is 2.94. The van der Waals surface area contributed by atoms with Gasteiger partial charge in [-0.25, -0.2) is 4.79 Å². The first-order valence-electron chi connectivity index (χ1n) is 14.6. The number of rotatable bonds is 13. The molecule has 1 N–H and O–H groups in total. The van der Waals surface area contributed by atoms with Crippen molar-refractivity contribution in [1.29, 1.82) is 0 Å². The molecule has 0 aliphatic carbocycles. The maximum Gasteiger partial charge on any atom is 0.322 e. The third kappa shape index (κ3) is 8.72. The molecule has 1 aromatic heterocycles. The van der Waals surface area contributed by atoms with Gasteiger partial charge in [-0.3, -0.25) is 4.79 Å². The molecular weight excluding hydrogens is 550 g/mol. The Bertz CT molecular complexity index is 1320. The van der Waals surface area contributed by atoms with Crippen LogP contribution >= 0.6 is 11.3 Å². The number of hydrogen-bond acceptors (Lipinski definition) is 6. The summed E-state index contributed by atoms with van der Waals surface area (Å²) in [6.45, 7) is 8.32. The number of urea groups is 1. The van der Waals surface area contributed by atoms with Gasteiger partial charge in [0.15, 0.2) is 11.5 Å². The molecule has 2 heterocycles. The van der Waals surface area contributed by atoms with Gasteiger partial charge >= 0.3 is 6.03 Å². The minimum absolute atomic E-state index is 0.0357. The Hall–Kier alpha value is -3.56. The molecule has 1 saturated heterocycles. The van der Waals surface area contributed by atoms with Crippen LogP contribution in [0, 0.1) is 6.92 Å². The topological polar surface area (TPSA) is 80.3 Å². The van der Waals surface area contributed by atoms with Gasteiger partial charge in [0, 0.05) is 35.1 Å². The summed E-state index contributed by atoms with van der Waals surface area (Å²) in [6, 6.07) is 17.5. The maximum atomic E-state index is 13.9. The number of anilines is 1. The van der Waals surface area contributed by atoms with Crippen molar-refractivity contribution in [3.63, 3.8) is 0 Å². The maximum absolute atomic E-state index is 13.9. The molecule has 0 radical (unpaired) electrons. The minimum atomic E-state index is -0.303. The summed E-state index contributed by atoms with van der Waals surface area (Å²) in [5.74, 6) is 1.62. The largest absolute Gasteiger partial charge is 0.493 e. The molecule has 1 aliphatic heterocycles. The summed E-state index contributed by atoms with van der Waals surface area (Å²) in [4.78, 5) is 33.1. The lowest BCUT2D eigenvalue weighted by molar-refractivity contribution is -0.132. The van der Waals surface area contributed by atoms with E-state index in [2.05, 4.69) is 38.2 Å². The van der Waals surface area contributed by atoms with E-state index in [0.29, 0.717) is 55.8 Å². The van der Waals surface area contributed by atoms with Crippen LogP contribution in [0.3, 0.4) is 0 Å². The van der Waals surface area contributed by atoms with Gasteiger partial charge in [0.1, 0.15) is 6.54 Å². The van der Waals surface area contributed by atoms with E-state index < -0.39 is 0 Å². The van der Waals surface area contributed by atoms with Gasteiger partial charge in [-0.1, -0.05) is 32.0 Å². The van der Waals surface area contributed by atoms with Gasteiger partial charge in [-0.15, -0.1) is 11.3 Å². The smallest absolute Gasteiger partial charge is 0.322 e. The zero-order valence-corrected chi connectivity index (χ0v) is 26.2. The number of carbonyl (C=O) groups excluding carboxylic acids is 2. The van der Waals surface area contributed by atoms with Crippen LogP contribution in [0.15, 0.2) is 54.6 Å². The lowest BCUT2D eigenvalue weighted by atomic mass is 10.0. The second-order valence-electron chi connectivity index (χ2n) is 11.0. The van der Waals surface area contributed by atoms with E-state index in [9.17, 15) is 9.59 Å². The molecule has 0 bridgehead atoms. The highest BCUT2D eigenvalue weighted by atomic mass is 32.1. The number of ether oxygens (including phenoxy) is 3. The van der Waals surface area contributed by atoms with Crippen LogP contribution in [-0.2, 0) is 22.5 Å². The molecular formula is C33H43N3O5S. The van der Waals surface area contributed by atoms with Crippen molar-refractivity contribution >= 4 is 29.0 Å². The number of nitrogens with one attached hydrogen (secondary N) is 1. The summed E-state index contributed by atoms with van der Waals surface area (Å²) in [6.07, 6.45) is 2.39. The van der Waals surface area contributed by atoms with Crippen molar-refractivity contribution in [2.45, 2.75) is 58.6 Å². The Morgan fingerprint density at radius 1 is 1.02 bits per heavy atom. The lowest BCUT2D eigenvalue weighted by Gasteiger charge is -2.29. The quantitative estimate of drug-likeness (QED) is 0.245. The highest BCUT2D eigenvalue weighted by Gasteiger charge is 2.27. The van der Waals surface area contributed by atoms with Crippen molar-refractivity contribution in [2.24, 2.45) is 0 Å². The Balaban J connectivity index is 1.50. The van der Waals surface area contributed by atoms with Gasteiger partial charge in [-0.2, -0.15) is 0 Å².